The Balaban J connectivity index is 2.02. The van der Waals surface area contributed by atoms with Gasteiger partial charge in [0.1, 0.15) is 0 Å². The highest BCUT2D eigenvalue weighted by Crippen LogP contribution is 2.20. The summed E-state index contributed by atoms with van der Waals surface area (Å²) in [6.45, 7) is 2.76. The van der Waals surface area contributed by atoms with Gasteiger partial charge < -0.3 is 14.8 Å². The van der Waals surface area contributed by atoms with Crippen molar-refractivity contribution in [2.45, 2.75) is 13.8 Å². The van der Waals surface area contributed by atoms with Crippen LogP contribution in [0.1, 0.15) is 33.2 Å². The van der Waals surface area contributed by atoms with Crippen LogP contribution in [-0.2, 0) is 14.3 Å². The molecule has 2 aromatic rings. The number of carbonyl (C=O) groups excluding carboxylic acids is 3. The highest BCUT2D eigenvalue weighted by atomic mass is 16.6. The number of hydrogen-bond acceptors (Lipinski definition) is 7. The number of nitrogens with zero attached hydrogens (tertiary/aromatic N) is 1. The van der Waals surface area contributed by atoms with Crippen molar-refractivity contribution >= 4 is 29.2 Å². The zero-order valence-corrected chi connectivity index (χ0v) is 15.3. The second-order valence-corrected chi connectivity index (χ2v) is 5.65. The minimum atomic E-state index is -0.878. The molecule has 2 aromatic carbocycles. The molecule has 0 aliphatic heterocycles. The number of hydrogen-bond donors (Lipinski definition) is 1. The standard InChI is InChI=1S/C19H18N2O7/c1-3-27-19(24)14-6-4-5-7-15(14)20-17(22)11-28-18(23)13-9-8-12(2)16(10-13)21(25)26/h4-10H,3,11H2,1-2H3,(H,20,22). The molecule has 0 heterocycles. The van der Waals surface area contributed by atoms with Crippen molar-refractivity contribution in [3.8, 4) is 0 Å². The molecule has 1 N–H and O–H groups in total. The van der Waals surface area contributed by atoms with Crippen LogP contribution in [0.15, 0.2) is 42.5 Å². The Labute approximate surface area is 160 Å². The third-order valence-corrected chi connectivity index (χ3v) is 3.67. The Morgan fingerprint density at radius 1 is 1.07 bits per heavy atom. The minimum absolute atomic E-state index is 0.0444. The van der Waals surface area contributed by atoms with Gasteiger partial charge in [-0.05, 0) is 32.0 Å². The number of para-hydroxylation sites is 1. The first-order chi connectivity index (χ1) is 13.3. The van der Waals surface area contributed by atoms with Crippen molar-refractivity contribution < 1.29 is 28.8 Å². The van der Waals surface area contributed by atoms with E-state index in [-0.39, 0.29) is 29.1 Å². The number of ether oxygens (including phenoxy) is 2. The molecule has 0 aliphatic rings. The number of amides is 1. The maximum absolute atomic E-state index is 12.1. The molecule has 146 valence electrons. The predicted octanol–water partition coefficient (Wildman–Crippen LogP) is 2.88. The predicted molar refractivity (Wildman–Crippen MR) is 99.1 cm³/mol. The zero-order valence-electron chi connectivity index (χ0n) is 15.3. The number of rotatable bonds is 7. The van der Waals surface area contributed by atoms with Crippen molar-refractivity contribution in [3.63, 3.8) is 0 Å². The van der Waals surface area contributed by atoms with Gasteiger partial charge in [0, 0.05) is 11.6 Å². The van der Waals surface area contributed by atoms with Gasteiger partial charge in [-0.2, -0.15) is 0 Å². The smallest absolute Gasteiger partial charge is 0.340 e. The van der Waals surface area contributed by atoms with E-state index in [9.17, 15) is 24.5 Å². The first-order valence-corrected chi connectivity index (χ1v) is 8.31. The largest absolute Gasteiger partial charge is 0.462 e. The lowest BCUT2D eigenvalue weighted by atomic mass is 10.1. The highest BCUT2D eigenvalue weighted by Gasteiger charge is 2.18. The normalized spacial score (nSPS) is 10.1. The van der Waals surface area contributed by atoms with Gasteiger partial charge in [-0.1, -0.05) is 18.2 Å². The Morgan fingerprint density at radius 2 is 1.79 bits per heavy atom. The minimum Gasteiger partial charge on any atom is -0.462 e. The monoisotopic (exact) mass is 386 g/mol. The van der Waals surface area contributed by atoms with Crippen LogP contribution in [0.3, 0.4) is 0 Å². The van der Waals surface area contributed by atoms with E-state index in [2.05, 4.69) is 5.32 Å². The topological polar surface area (TPSA) is 125 Å². The summed E-state index contributed by atoms with van der Waals surface area (Å²) in [5.74, 6) is -2.15. The summed E-state index contributed by atoms with van der Waals surface area (Å²) in [4.78, 5) is 46.4. The van der Waals surface area contributed by atoms with E-state index in [1.165, 1.54) is 24.3 Å². The highest BCUT2D eigenvalue weighted by molar-refractivity contribution is 6.02. The average molecular weight is 386 g/mol. The molecule has 0 bridgehead atoms. The molecule has 2 rings (SSSR count). The van der Waals surface area contributed by atoms with Crippen LogP contribution in [-0.4, -0.2) is 36.0 Å². The molecule has 0 aromatic heterocycles. The Hall–Kier alpha value is -3.75. The van der Waals surface area contributed by atoms with E-state index in [0.29, 0.717) is 5.56 Å². The van der Waals surface area contributed by atoms with Crippen molar-refractivity contribution in [3.05, 3.63) is 69.3 Å². The van der Waals surface area contributed by atoms with Crippen LogP contribution in [0, 0.1) is 17.0 Å². The van der Waals surface area contributed by atoms with Crippen LogP contribution >= 0.6 is 0 Å². The molecule has 0 fully saturated rings. The van der Waals surface area contributed by atoms with E-state index >= 15 is 0 Å². The van der Waals surface area contributed by atoms with Gasteiger partial charge in [0.2, 0.25) is 0 Å². The first kappa shape index (κ1) is 20.6. The Bertz CT molecular complexity index is 924. The van der Waals surface area contributed by atoms with E-state index < -0.39 is 29.4 Å². The van der Waals surface area contributed by atoms with E-state index in [0.717, 1.165) is 6.07 Å². The summed E-state index contributed by atoms with van der Waals surface area (Å²) in [5.41, 5.74) is 0.514. The zero-order chi connectivity index (χ0) is 20.7. The molecular weight excluding hydrogens is 368 g/mol. The number of anilines is 1. The molecule has 0 atom stereocenters. The first-order valence-electron chi connectivity index (χ1n) is 8.31. The lowest BCUT2D eigenvalue weighted by molar-refractivity contribution is -0.385. The number of carbonyl (C=O) groups is 3. The van der Waals surface area contributed by atoms with Crippen molar-refractivity contribution in [1.29, 1.82) is 0 Å². The fourth-order valence-corrected chi connectivity index (χ4v) is 2.31. The second kappa shape index (κ2) is 9.26. The third kappa shape index (κ3) is 5.13. The van der Waals surface area contributed by atoms with E-state index in [1.807, 2.05) is 0 Å². The van der Waals surface area contributed by atoms with Crippen LogP contribution < -0.4 is 5.32 Å². The van der Waals surface area contributed by atoms with Gasteiger partial charge in [0.05, 0.1) is 28.3 Å². The second-order valence-electron chi connectivity index (χ2n) is 5.65. The molecule has 9 heteroatoms. The van der Waals surface area contributed by atoms with Crippen LogP contribution in [0.5, 0.6) is 0 Å². The number of nitro benzene ring substituents is 1. The summed E-state index contributed by atoms with van der Waals surface area (Å²) in [5, 5.41) is 13.4. The molecule has 9 nitrogen and oxygen atoms in total. The number of esters is 2. The lowest BCUT2D eigenvalue weighted by Crippen LogP contribution is -2.22. The van der Waals surface area contributed by atoms with Gasteiger partial charge >= 0.3 is 11.9 Å². The van der Waals surface area contributed by atoms with Crippen LogP contribution in [0.4, 0.5) is 11.4 Å². The number of nitro groups is 1. The summed E-state index contributed by atoms with van der Waals surface area (Å²) in [6, 6.07) is 10.1. The molecule has 1 amide bonds. The fourth-order valence-electron chi connectivity index (χ4n) is 2.31. The lowest BCUT2D eigenvalue weighted by Gasteiger charge is -2.10. The molecule has 0 spiro atoms. The molecule has 0 saturated carbocycles. The van der Waals surface area contributed by atoms with Gasteiger partial charge in [-0.25, -0.2) is 9.59 Å². The molecule has 0 aliphatic carbocycles. The Kier molecular flexibility index (Phi) is 6.80. The summed E-state index contributed by atoms with van der Waals surface area (Å²) >= 11 is 0. The molecule has 0 saturated heterocycles. The third-order valence-electron chi connectivity index (χ3n) is 3.67. The van der Waals surface area contributed by atoms with Crippen molar-refractivity contribution in [2.75, 3.05) is 18.5 Å². The van der Waals surface area contributed by atoms with Gasteiger partial charge in [-0.3, -0.25) is 14.9 Å². The maximum atomic E-state index is 12.1. The van der Waals surface area contributed by atoms with Gasteiger partial charge in [0.15, 0.2) is 6.61 Å². The van der Waals surface area contributed by atoms with E-state index in [4.69, 9.17) is 9.47 Å². The van der Waals surface area contributed by atoms with Crippen molar-refractivity contribution in [1.82, 2.24) is 0 Å². The van der Waals surface area contributed by atoms with Crippen LogP contribution in [0.25, 0.3) is 0 Å². The Morgan fingerprint density at radius 3 is 2.46 bits per heavy atom. The van der Waals surface area contributed by atoms with Gasteiger partial charge in [-0.15, -0.1) is 0 Å². The molecular formula is C19H18N2O7. The van der Waals surface area contributed by atoms with Crippen LogP contribution in [0.2, 0.25) is 0 Å². The number of benzene rings is 2. The summed E-state index contributed by atoms with van der Waals surface area (Å²) < 4.78 is 9.81. The maximum Gasteiger partial charge on any atom is 0.340 e. The molecule has 0 radical (unpaired) electrons. The average Bonchev–Trinajstić information content (AvgIpc) is 2.66. The summed E-state index contributed by atoms with van der Waals surface area (Å²) in [7, 11) is 0. The fraction of sp³-hybridized carbons (Fsp3) is 0.211. The summed E-state index contributed by atoms with van der Waals surface area (Å²) in [6.07, 6.45) is 0. The number of aryl methyl sites for hydroxylation is 1. The number of nitrogens with one attached hydrogen (secondary N) is 1. The van der Waals surface area contributed by atoms with E-state index in [1.54, 1.807) is 26.0 Å². The van der Waals surface area contributed by atoms with Gasteiger partial charge in [0.25, 0.3) is 11.6 Å². The quantitative estimate of drug-likeness (QED) is 0.440. The molecule has 0 unspecified atom stereocenters. The molecule has 28 heavy (non-hydrogen) atoms. The van der Waals surface area contributed by atoms with Crippen molar-refractivity contribution in [2.24, 2.45) is 0 Å². The SMILES string of the molecule is CCOC(=O)c1ccccc1NC(=O)COC(=O)c1ccc(C)c([N+](=O)[O-])c1.